The molecule has 0 aliphatic heterocycles. The second-order valence-corrected chi connectivity index (χ2v) is 8.23. The van der Waals surface area contributed by atoms with E-state index in [1.165, 1.54) is 11.1 Å². The molecular weight excluding hydrogens is 268 g/mol. The van der Waals surface area contributed by atoms with Crippen molar-refractivity contribution in [1.82, 2.24) is 0 Å². The first-order chi connectivity index (χ1) is 10.1. The van der Waals surface area contributed by atoms with Gasteiger partial charge >= 0.3 is 0 Å². The molecule has 0 radical (unpaired) electrons. The van der Waals surface area contributed by atoms with E-state index in [0.29, 0.717) is 5.75 Å². The molecule has 2 rings (SSSR count). The van der Waals surface area contributed by atoms with Gasteiger partial charge < -0.3 is 5.11 Å². The van der Waals surface area contributed by atoms with E-state index in [-0.39, 0.29) is 10.8 Å². The van der Waals surface area contributed by atoms with Crippen molar-refractivity contribution in [3.63, 3.8) is 0 Å². The highest BCUT2D eigenvalue weighted by atomic mass is 16.3. The van der Waals surface area contributed by atoms with Crippen molar-refractivity contribution in [2.24, 2.45) is 0 Å². The molecule has 118 valence electrons. The van der Waals surface area contributed by atoms with Crippen LogP contribution >= 0.6 is 0 Å². The summed E-state index contributed by atoms with van der Waals surface area (Å²) in [4.78, 5) is 0. The Hall–Kier alpha value is -1.76. The molecule has 0 heterocycles. The lowest BCUT2D eigenvalue weighted by Gasteiger charge is -2.21. The lowest BCUT2D eigenvalue weighted by atomic mass is 9.85. The third-order valence-corrected chi connectivity index (χ3v) is 4.10. The van der Waals surface area contributed by atoms with E-state index in [2.05, 4.69) is 71.9 Å². The van der Waals surface area contributed by atoms with Gasteiger partial charge in [0.05, 0.1) is 0 Å². The molecule has 0 aliphatic carbocycles. The Morgan fingerprint density at radius 3 is 1.73 bits per heavy atom. The molecule has 0 spiro atoms. The van der Waals surface area contributed by atoms with Crippen LogP contribution in [0, 0.1) is 0 Å². The van der Waals surface area contributed by atoms with E-state index in [4.69, 9.17) is 0 Å². The number of hydrogen-bond donors (Lipinski definition) is 1. The van der Waals surface area contributed by atoms with Crippen LogP contribution in [-0.4, -0.2) is 5.11 Å². The predicted octanol–water partition coefficient (Wildman–Crippen LogP) is 5.58. The summed E-state index contributed by atoms with van der Waals surface area (Å²) in [6.45, 7) is 13.0. The normalized spacial score (nSPS) is 12.5. The predicted molar refractivity (Wildman–Crippen MR) is 94.8 cm³/mol. The van der Waals surface area contributed by atoms with Gasteiger partial charge in [-0.3, -0.25) is 0 Å². The van der Waals surface area contributed by atoms with Crippen molar-refractivity contribution >= 4 is 0 Å². The maximum absolute atomic E-state index is 10.3. The quantitative estimate of drug-likeness (QED) is 0.767. The summed E-state index contributed by atoms with van der Waals surface area (Å²) in [5, 5.41) is 10.3. The highest BCUT2D eigenvalue weighted by Crippen LogP contribution is 2.31. The van der Waals surface area contributed by atoms with Crippen LogP contribution in [0.15, 0.2) is 42.5 Å². The van der Waals surface area contributed by atoms with Gasteiger partial charge in [0.2, 0.25) is 0 Å². The summed E-state index contributed by atoms with van der Waals surface area (Å²) in [7, 11) is 0. The fourth-order valence-corrected chi connectivity index (χ4v) is 2.68. The Kier molecular flexibility index (Phi) is 4.37. The van der Waals surface area contributed by atoms with E-state index in [0.717, 1.165) is 17.5 Å². The zero-order valence-electron chi connectivity index (χ0n) is 14.7. The summed E-state index contributed by atoms with van der Waals surface area (Å²) >= 11 is 0. The van der Waals surface area contributed by atoms with Gasteiger partial charge in [-0.15, -0.1) is 0 Å². The molecule has 0 atom stereocenters. The van der Waals surface area contributed by atoms with Crippen LogP contribution < -0.4 is 0 Å². The smallest absolute Gasteiger partial charge is 0.119 e. The van der Waals surface area contributed by atoms with Crippen LogP contribution in [0.1, 0.15) is 63.8 Å². The minimum absolute atomic E-state index is 0.0308. The van der Waals surface area contributed by atoms with Gasteiger partial charge in [0.25, 0.3) is 0 Å². The van der Waals surface area contributed by atoms with Crippen molar-refractivity contribution in [3.8, 4) is 5.75 Å². The van der Waals surface area contributed by atoms with Crippen molar-refractivity contribution in [1.29, 1.82) is 0 Å². The first-order valence-electron chi connectivity index (χ1n) is 7.99. The molecule has 1 N–H and O–H groups in total. The zero-order valence-corrected chi connectivity index (χ0v) is 14.7. The van der Waals surface area contributed by atoms with Gasteiger partial charge in [0, 0.05) is 0 Å². The molecule has 1 heteroatoms. The average molecular weight is 296 g/mol. The molecule has 0 aliphatic rings. The highest BCUT2D eigenvalue weighted by Gasteiger charge is 2.18. The molecule has 0 fully saturated rings. The van der Waals surface area contributed by atoms with Gasteiger partial charge in [-0.2, -0.15) is 0 Å². The van der Waals surface area contributed by atoms with Crippen molar-refractivity contribution in [2.45, 2.75) is 58.8 Å². The number of phenols is 1. The van der Waals surface area contributed by atoms with Crippen molar-refractivity contribution < 1.29 is 5.11 Å². The van der Waals surface area contributed by atoms with Crippen molar-refractivity contribution in [3.05, 3.63) is 64.7 Å². The van der Waals surface area contributed by atoms with E-state index in [1.807, 2.05) is 12.1 Å². The monoisotopic (exact) mass is 296 g/mol. The third kappa shape index (κ3) is 3.91. The van der Waals surface area contributed by atoms with Crippen LogP contribution in [-0.2, 0) is 17.3 Å². The largest absolute Gasteiger partial charge is 0.508 e. The Morgan fingerprint density at radius 1 is 0.727 bits per heavy atom. The molecule has 0 aromatic heterocycles. The summed E-state index contributed by atoms with van der Waals surface area (Å²) in [6, 6.07) is 14.9. The summed E-state index contributed by atoms with van der Waals surface area (Å²) < 4.78 is 0. The van der Waals surface area contributed by atoms with E-state index in [1.54, 1.807) is 0 Å². The molecule has 0 saturated carbocycles. The lowest BCUT2D eigenvalue weighted by Crippen LogP contribution is -2.11. The molecular formula is C21H28O. The summed E-state index contributed by atoms with van der Waals surface area (Å²) in [5.41, 5.74) is 4.92. The fourth-order valence-electron chi connectivity index (χ4n) is 2.68. The second-order valence-electron chi connectivity index (χ2n) is 8.23. The number of rotatable bonds is 2. The maximum atomic E-state index is 10.3. The molecule has 0 bridgehead atoms. The second kappa shape index (κ2) is 5.79. The number of benzene rings is 2. The topological polar surface area (TPSA) is 20.2 Å². The van der Waals surface area contributed by atoms with Crippen LogP contribution in [0.25, 0.3) is 0 Å². The Labute approximate surface area is 135 Å². The third-order valence-electron chi connectivity index (χ3n) is 4.10. The van der Waals surface area contributed by atoms with Crippen LogP contribution in [0.3, 0.4) is 0 Å². The first-order valence-corrected chi connectivity index (χ1v) is 7.99. The highest BCUT2D eigenvalue weighted by molar-refractivity contribution is 5.42. The minimum atomic E-state index is -0.0308. The number of phenolic OH excluding ortho intramolecular Hbond substituents is 1. The molecule has 2 aromatic carbocycles. The number of aromatic hydroxyl groups is 1. The average Bonchev–Trinajstić information content (AvgIpc) is 2.36. The fraction of sp³-hybridized carbons (Fsp3) is 0.429. The van der Waals surface area contributed by atoms with Gasteiger partial charge in [-0.05, 0) is 45.6 Å². The summed E-state index contributed by atoms with van der Waals surface area (Å²) in [6.07, 6.45) is 0.850. The van der Waals surface area contributed by atoms with Gasteiger partial charge in [0.1, 0.15) is 5.75 Å². The Balaban J connectivity index is 2.19. The van der Waals surface area contributed by atoms with Gasteiger partial charge in [-0.1, -0.05) is 77.9 Å². The van der Waals surface area contributed by atoms with Crippen LogP contribution in [0.2, 0.25) is 0 Å². The Morgan fingerprint density at radius 2 is 1.27 bits per heavy atom. The molecule has 1 nitrogen and oxygen atoms in total. The molecule has 0 amide bonds. The summed E-state index contributed by atoms with van der Waals surface area (Å²) in [5.74, 6) is 0.399. The minimum Gasteiger partial charge on any atom is -0.508 e. The molecule has 22 heavy (non-hydrogen) atoms. The van der Waals surface area contributed by atoms with Crippen LogP contribution in [0.4, 0.5) is 0 Å². The van der Waals surface area contributed by atoms with E-state index < -0.39 is 0 Å². The maximum Gasteiger partial charge on any atom is 0.119 e. The SMILES string of the molecule is CC(C)(C)c1ccc(Cc2ccc(C(C)(C)C)c(O)c2)cc1. The van der Waals surface area contributed by atoms with E-state index >= 15 is 0 Å². The van der Waals surface area contributed by atoms with E-state index in [9.17, 15) is 5.11 Å². The van der Waals surface area contributed by atoms with Gasteiger partial charge in [-0.25, -0.2) is 0 Å². The first kappa shape index (κ1) is 16.6. The lowest BCUT2D eigenvalue weighted by molar-refractivity contribution is 0.446. The van der Waals surface area contributed by atoms with Gasteiger partial charge in [0.15, 0.2) is 0 Å². The number of hydrogen-bond acceptors (Lipinski definition) is 1. The molecule has 0 unspecified atom stereocenters. The standard InChI is InChI=1S/C21H28O/c1-20(2,3)17-10-7-15(8-11-17)13-16-9-12-18(19(22)14-16)21(4,5)6/h7-12,14,22H,13H2,1-6H3. The molecule has 0 saturated heterocycles. The molecule has 2 aromatic rings. The van der Waals surface area contributed by atoms with Crippen LogP contribution in [0.5, 0.6) is 5.75 Å². The van der Waals surface area contributed by atoms with Crippen molar-refractivity contribution in [2.75, 3.05) is 0 Å². The zero-order chi connectivity index (χ0) is 16.5. The Bertz CT molecular complexity index is 637.